The molecule has 8 nitrogen and oxygen atoms in total. The number of carbonyl (C=O) groups is 4. The van der Waals surface area contributed by atoms with Crippen molar-refractivity contribution in [3.8, 4) is 0 Å². The molecule has 1 aromatic carbocycles. The Balaban J connectivity index is 0.00000118. The molecule has 2 atom stereocenters. The zero-order chi connectivity index (χ0) is 25.1. The third-order valence-corrected chi connectivity index (χ3v) is 3.73. The second-order valence-corrected chi connectivity index (χ2v) is 8.19. The number of hydrogen-bond donors (Lipinski definition) is 4. The van der Waals surface area contributed by atoms with Crippen molar-refractivity contribution in [1.82, 2.24) is 10.6 Å². The standard InChI is InChI=1S/C19H29N3O3.C2HF3O2/c1-13(16(23)10-14-8-6-5-7-9-14)21-17(24)11-15(20)12-18(25)22-19(2,3)4;3-2(4,5)1(6)7/h5-9,13,15H,10-12,20H2,1-4H3,(H,21,24)(H,22,25);(H,6,7)/t13-,15+;/m0./s1. The number of alkyl halides is 3. The van der Waals surface area contributed by atoms with E-state index in [9.17, 15) is 27.6 Å². The van der Waals surface area contributed by atoms with Gasteiger partial charge in [0.05, 0.1) is 6.04 Å². The zero-order valence-electron chi connectivity index (χ0n) is 18.5. The molecule has 0 spiro atoms. The fourth-order valence-electron chi connectivity index (χ4n) is 2.35. The predicted molar refractivity (Wildman–Crippen MR) is 112 cm³/mol. The van der Waals surface area contributed by atoms with Gasteiger partial charge < -0.3 is 21.5 Å². The van der Waals surface area contributed by atoms with Crippen LogP contribution in [0, 0.1) is 0 Å². The molecule has 11 heteroatoms. The van der Waals surface area contributed by atoms with E-state index < -0.39 is 24.2 Å². The molecular formula is C21H30F3N3O5. The normalized spacial score (nSPS) is 13.1. The summed E-state index contributed by atoms with van der Waals surface area (Å²) in [5.41, 5.74) is 6.43. The number of ketones is 1. The van der Waals surface area contributed by atoms with Gasteiger partial charge in [0.1, 0.15) is 0 Å². The number of aliphatic carboxylic acids is 1. The third-order valence-electron chi connectivity index (χ3n) is 3.73. The molecule has 0 aliphatic heterocycles. The molecule has 0 aliphatic rings. The Morgan fingerprint density at radius 1 is 1.00 bits per heavy atom. The number of nitrogens with one attached hydrogen (secondary N) is 2. The van der Waals surface area contributed by atoms with Crippen molar-refractivity contribution in [2.45, 2.75) is 70.8 Å². The summed E-state index contributed by atoms with van der Waals surface area (Å²) in [6.45, 7) is 7.29. The van der Waals surface area contributed by atoms with Crippen LogP contribution in [0.4, 0.5) is 13.2 Å². The number of rotatable bonds is 8. The zero-order valence-corrected chi connectivity index (χ0v) is 18.5. The van der Waals surface area contributed by atoms with E-state index in [0.29, 0.717) is 0 Å². The Morgan fingerprint density at radius 3 is 1.91 bits per heavy atom. The number of carboxylic acid groups (broad SMARTS) is 1. The van der Waals surface area contributed by atoms with Gasteiger partial charge in [0.15, 0.2) is 5.78 Å². The van der Waals surface area contributed by atoms with Crippen LogP contribution in [0.3, 0.4) is 0 Å². The molecule has 0 bridgehead atoms. The highest BCUT2D eigenvalue weighted by atomic mass is 19.4. The van der Waals surface area contributed by atoms with Crippen molar-refractivity contribution in [1.29, 1.82) is 0 Å². The first-order valence-corrected chi connectivity index (χ1v) is 9.74. The summed E-state index contributed by atoms with van der Waals surface area (Å²) in [7, 11) is 0. The van der Waals surface area contributed by atoms with E-state index in [-0.39, 0.29) is 42.4 Å². The lowest BCUT2D eigenvalue weighted by atomic mass is 10.0. The second kappa shape index (κ2) is 12.8. The molecule has 5 N–H and O–H groups in total. The van der Waals surface area contributed by atoms with E-state index >= 15 is 0 Å². The third kappa shape index (κ3) is 14.1. The number of amides is 2. The van der Waals surface area contributed by atoms with E-state index in [1.165, 1.54) is 0 Å². The quantitative estimate of drug-likeness (QED) is 0.467. The maximum Gasteiger partial charge on any atom is 0.490 e. The number of carboxylic acids is 1. The van der Waals surface area contributed by atoms with Crippen LogP contribution in [0.15, 0.2) is 30.3 Å². The molecule has 1 aromatic rings. The van der Waals surface area contributed by atoms with Crippen LogP contribution >= 0.6 is 0 Å². The van der Waals surface area contributed by atoms with Gasteiger partial charge in [-0.25, -0.2) is 4.79 Å². The van der Waals surface area contributed by atoms with E-state index in [1.54, 1.807) is 6.92 Å². The molecule has 0 unspecified atom stereocenters. The SMILES string of the molecule is C[C@H](NC(=O)C[C@@H](N)CC(=O)NC(C)(C)C)C(=O)Cc1ccccc1.O=C(O)C(F)(F)F. The fourth-order valence-corrected chi connectivity index (χ4v) is 2.35. The fraction of sp³-hybridized carbons (Fsp3) is 0.524. The van der Waals surface area contributed by atoms with Gasteiger partial charge in [0.25, 0.3) is 0 Å². The molecule has 0 aromatic heterocycles. The maximum absolute atomic E-state index is 12.2. The number of nitrogens with two attached hydrogens (primary N) is 1. The number of hydrogen-bond acceptors (Lipinski definition) is 5. The lowest BCUT2D eigenvalue weighted by molar-refractivity contribution is -0.192. The summed E-state index contributed by atoms with van der Waals surface area (Å²) >= 11 is 0. The van der Waals surface area contributed by atoms with Gasteiger partial charge in [-0.15, -0.1) is 0 Å². The largest absolute Gasteiger partial charge is 0.490 e. The first kappa shape index (κ1) is 29.1. The molecular weight excluding hydrogens is 431 g/mol. The van der Waals surface area contributed by atoms with Crippen LogP contribution < -0.4 is 16.4 Å². The van der Waals surface area contributed by atoms with Crippen LogP contribution in [-0.4, -0.2) is 52.5 Å². The minimum absolute atomic E-state index is 0.000516. The summed E-state index contributed by atoms with van der Waals surface area (Å²) in [6.07, 6.45) is -4.75. The van der Waals surface area contributed by atoms with Crippen LogP contribution in [0.2, 0.25) is 0 Å². The Morgan fingerprint density at radius 2 is 1.47 bits per heavy atom. The molecule has 180 valence electrons. The molecule has 0 saturated heterocycles. The lowest BCUT2D eigenvalue weighted by Crippen LogP contribution is -2.45. The second-order valence-electron chi connectivity index (χ2n) is 8.19. The van der Waals surface area contributed by atoms with Gasteiger partial charge in [-0.2, -0.15) is 13.2 Å². The molecule has 2 amide bonds. The first-order valence-electron chi connectivity index (χ1n) is 9.74. The van der Waals surface area contributed by atoms with Crippen molar-refractivity contribution in [2.24, 2.45) is 5.73 Å². The van der Waals surface area contributed by atoms with E-state index in [0.717, 1.165) is 5.56 Å². The van der Waals surface area contributed by atoms with E-state index in [1.807, 2.05) is 51.1 Å². The molecule has 0 aliphatic carbocycles. The predicted octanol–water partition coefficient (Wildman–Crippen LogP) is 1.96. The number of halogens is 3. The highest BCUT2D eigenvalue weighted by molar-refractivity contribution is 5.90. The first-order chi connectivity index (χ1) is 14.5. The molecule has 0 fully saturated rings. The van der Waals surface area contributed by atoms with Crippen molar-refractivity contribution in [3.63, 3.8) is 0 Å². The number of carbonyl (C=O) groups excluding carboxylic acids is 3. The molecule has 1 rings (SSSR count). The van der Waals surface area contributed by atoms with Gasteiger partial charge in [0.2, 0.25) is 11.8 Å². The lowest BCUT2D eigenvalue weighted by Gasteiger charge is -2.22. The highest BCUT2D eigenvalue weighted by Gasteiger charge is 2.38. The minimum atomic E-state index is -5.08. The van der Waals surface area contributed by atoms with Gasteiger partial charge in [-0.05, 0) is 33.3 Å². The van der Waals surface area contributed by atoms with Crippen molar-refractivity contribution >= 4 is 23.6 Å². The number of Topliss-reactive ketones (excluding diaryl/α,β-unsaturated/α-hetero) is 1. The van der Waals surface area contributed by atoms with Gasteiger partial charge in [-0.1, -0.05) is 30.3 Å². The summed E-state index contributed by atoms with van der Waals surface area (Å²) in [6, 6.07) is 8.19. The Hall–Kier alpha value is -2.95. The molecule has 0 heterocycles. The van der Waals surface area contributed by atoms with Gasteiger partial charge in [0, 0.05) is 30.8 Å². The highest BCUT2D eigenvalue weighted by Crippen LogP contribution is 2.13. The Bertz CT molecular complexity index is 777. The molecule has 32 heavy (non-hydrogen) atoms. The van der Waals surface area contributed by atoms with Crippen molar-refractivity contribution in [3.05, 3.63) is 35.9 Å². The summed E-state index contributed by atoms with van der Waals surface area (Å²) in [5, 5.41) is 12.6. The topological polar surface area (TPSA) is 139 Å². The van der Waals surface area contributed by atoms with Crippen molar-refractivity contribution in [2.75, 3.05) is 0 Å². The smallest absolute Gasteiger partial charge is 0.475 e. The molecule has 0 saturated carbocycles. The van der Waals surface area contributed by atoms with Crippen LogP contribution in [0.5, 0.6) is 0 Å². The Kier molecular flexibility index (Phi) is 11.6. The monoisotopic (exact) mass is 461 g/mol. The van der Waals surface area contributed by atoms with E-state index in [4.69, 9.17) is 15.6 Å². The van der Waals surface area contributed by atoms with E-state index in [2.05, 4.69) is 10.6 Å². The minimum Gasteiger partial charge on any atom is -0.475 e. The van der Waals surface area contributed by atoms with Crippen molar-refractivity contribution < 1.29 is 37.5 Å². The van der Waals surface area contributed by atoms with Crippen LogP contribution in [0.25, 0.3) is 0 Å². The average Bonchev–Trinajstić information content (AvgIpc) is 2.60. The van der Waals surface area contributed by atoms with Crippen LogP contribution in [0.1, 0.15) is 46.1 Å². The molecule has 0 radical (unpaired) electrons. The maximum atomic E-state index is 12.2. The summed E-state index contributed by atoms with van der Waals surface area (Å²) in [4.78, 5) is 44.9. The Labute approximate surface area is 184 Å². The van der Waals surface area contributed by atoms with Gasteiger partial charge in [-0.3, -0.25) is 14.4 Å². The van der Waals surface area contributed by atoms with Crippen LogP contribution in [-0.2, 0) is 25.6 Å². The average molecular weight is 461 g/mol. The van der Waals surface area contributed by atoms with Gasteiger partial charge >= 0.3 is 12.1 Å². The summed E-state index contributed by atoms with van der Waals surface area (Å²) in [5.74, 6) is -3.35. The summed E-state index contributed by atoms with van der Waals surface area (Å²) < 4.78 is 31.7. The number of benzene rings is 1.